The summed E-state index contributed by atoms with van der Waals surface area (Å²) in [5, 5.41) is 22.6. The molecule has 5 heteroatoms. The Bertz CT molecular complexity index is 362. The molecule has 0 aromatic heterocycles. The van der Waals surface area contributed by atoms with E-state index in [1.807, 2.05) is 0 Å². The second kappa shape index (κ2) is 7.17. The summed E-state index contributed by atoms with van der Waals surface area (Å²) in [6.45, 7) is 0.541. The first kappa shape index (κ1) is 13.8. The topological polar surface area (TPSA) is 69.6 Å². The van der Waals surface area contributed by atoms with E-state index in [0.717, 1.165) is 24.6 Å². The average Bonchev–Trinajstić information content (AvgIpc) is 2.28. The van der Waals surface area contributed by atoms with Crippen LogP contribution < -0.4 is 5.32 Å². The monoisotopic (exact) mass is 301 g/mol. The van der Waals surface area contributed by atoms with Gasteiger partial charge >= 0.3 is 0 Å². The van der Waals surface area contributed by atoms with E-state index < -0.39 is 5.91 Å². The lowest BCUT2D eigenvalue weighted by Crippen LogP contribution is -2.24. The molecule has 0 heterocycles. The zero-order valence-corrected chi connectivity index (χ0v) is 11.0. The summed E-state index contributed by atoms with van der Waals surface area (Å²) in [5.74, 6) is -0.856. The fraction of sp³-hybridized carbons (Fsp3) is 0.417. The molecule has 0 aliphatic carbocycles. The summed E-state index contributed by atoms with van der Waals surface area (Å²) in [6.07, 6.45) is 2.97. The van der Waals surface area contributed by atoms with E-state index in [4.69, 9.17) is 0 Å². The molecule has 0 aliphatic rings. The zero-order valence-electron chi connectivity index (χ0n) is 9.45. The number of unbranched alkanes of at least 4 members (excludes halogenated alkanes) is 2. The van der Waals surface area contributed by atoms with Crippen LogP contribution in [0.2, 0.25) is 0 Å². The fourth-order valence-corrected chi connectivity index (χ4v) is 1.84. The normalized spacial score (nSPS) is 10.2. The highest BCUT2D eigenvalue weighted by molar-refractivity contribution is 9.09. The number of aromatic hydroxyl groups is 2. The molecule has 0 saturated heterocycles. The van der Waals surface area contributed by atoms with Gasteiger partial charge in [-0.05, 0) is 25.0 Å². The number of hydrogen-bond donors (Lipinski definition) is 3. The maximum Gasteiger partial charge on any atom is 0.258 e. The number of amides is 1. The molecule has 3 N–H and O–H groups in total. The second-order valence-electron chi connectivity index (χ2n) is 3.68. The van der Waals surface area contributed by atoms with E-state index in [2.05, 4.69) is 21.2 Å². The summed E-state index contributed by atoms with van der Waals surface area (Å²) >= 11 is 3.33. The molecule has 0 spiro atoms. The Kier molecular flexibility index (Phi) is 5.83. The van der Waals surface area contributed by atoms with Crippen molar-refractivity contribution < 1.29 is 15.0 Å². The molecule has 1 amide bonds. The molecule has 1 aromatic carbocycles. The third kappa shape index (κ3) is 4.26. The van der Waals surface area contributed by atoms with Crippen molar-refractivity contribution in [2.24, 2.45) is 0 Å². The number of rotatable bonds is 6. The maximum atomic E-state index is 11.7. The Labute approximate surface area is 109 Å². The van der Waals surface area contributed by atoms with Crippen molar-refractivity contribution in [2.75, 3.05) is 11.9 Å². The van der Waals surface area contributed by atoms with Crippen molar-refractivity contribution in [1.82, 2.24) is 5.32 Å². The van der Waals surface area contributed by atoms with Gasteiger partial charge < -0.3 is 15.5 Å². The predicted molar refractivity (Wildman–Crippen MR) is 69.7 cm³/mol. The van der Waals surface area contributed by atoms with Crippen LogP contribution in [-0.4, -0.2) is 28.0 Å². The lowest BCUT2D eigenvalue weighted by atomic mass is 10.1. The summed E-state index contributed by atoms with van der Waals surface area (Å²) in [4.78, 5) is 11.7. The number of benzene rings is 1. The van der Waals surface area contributed by atoms with Crippen LogP contribution in [-0.2, 0) is 0 Å². The van der Waals surface area contributed by atoms with Gasteiger partial charge in [0, 0.05) is 11.9 Å². The van der Waals surface area contributed by atoms with Crippen molar-refractivity contribution >= 4 is 21.8 Å². The predicted octanol–water partition coefficient (Wildman–Crippen LogP) is 2.39. The summed E-state index contributed by atoms with van der Waals surface area (Å²) in [7, 11) is 0. The molecule has 17 heavy (non-hydrogen) atoms. The van der Waals surface area contributed by atoms with Gasteiger partial charge in [-0.3, -0.25) is 4.79 Å². The van der Waals surface area contributed by atoms with Crippen molar-refractivity contribution in [3.05, 3.63) is 23.8 Å². The van der Waals surface area contributed by atoms with Crippen molar-refractivity contribution in [2.45, 2.75) is 19.3 Å². The van der Waals surface area contributed by atoms with Crippen molar-refractivity contribution in [3.8, 4) is 11.5 Å². The molecule has 0 aliphatic heterocycles. The highest BCUT2D eigenvalue weighted by Gasteiger charge is 2.14. The summed E-state index contributed by atoms with van der Waals surface area (Å²) < 4.78 is 0. The van der Waals surface area contributed by atoms with E-state index in [9.17, 15) is 15.0 Å². The smallest absolute Gasteiger partial charge is 0.258 e. The Morgan fingerprint density at radius 3 is 2.41 bits per heavy atom. The molecule has 1 rings (SSSR count). The van der Waals surface area contributed by atoms with Gasteiger partial charge in [0.25, 0.3) is 5.91 Å². The highest BCUT2D eigenvalue weighted by Crippen LogP contribution is 2.25. The van der Waals surface area contributed by atoms with Gasteiger partial charge in [0.2, 0.25) is 0 Å². The van der Waals surface area contributed by atoms with Gasteiger partial charge in [-0.2, -0.15) is 0 Å². The number of carbonyl (C=O) groups excluding carboxylic acids is 1. The molecule has 94 valence electrons. The minimum absolute atomic E-state index is 0.0620. The molecule has 4 nitrogen and oxygen atoms in total. The SMILES string of the molecule is O=C(NCCCCCBr)c1c(O)cccc1O. The van der Waals surface area contributed by atoms with Crippen LogP contribution in [0, 0.1) is 0 Å². The van der Waals surface area contributed by atoms with Gasteiger partial charge in [0.1, 0.15) is 17.1 Å². The van der Waals surface area contributed by atoms with Gasteiger partial charge in [-0.1, -0.05) is 28.4 Å². The van der Waals surface area contributed by atoms with Crippen LogP contribution in [0.5, 0.6) is 11.5 Å². The molecule has 1 aromatic rings. The minimum Gasteiger partial charge on any atom is -0.507 e. The molecule has 0 radical (unpaired) electrons. The summed E-state index contributed by atoms with van der Waals surface area (Å²) in [5.41, 5.74) is -0.0620. The number of phenolic OH excluding ortho intramolecular Hbond substituents is 2. The maximum absolute atomic E-state index is 11.7. The lowest BCUT2D eigenvalue weighted by molar-refractivity contribution is 0.0947. The molecule has 0 atom stereocenters. The molecule has 0 fully saturated rings. The third-order valence-corrected chi connectivity index (χ3v) is 2.90. The highest BCUT2D eigenvalue weighted by atomic mass is 79.9. The van der Waals surface area contributed by atoms with E-state index in [-0.39, 0.29) is 17.1 Å². The van der Waals surface area contributed by atoms with Crippen LogP contribution >= 0.6 is 15.9 Å². The minimum atomic E-state index is -0.445. The Morgan fingerprint density at radius 2 is 1.82 bits per heavy atom. The fourth-order valence-electron chi connectivity index (χ4n) is 1.45. The molecular formula is C12H16BrNO3. The Morgan fingerprint density at radius 1 is 1.18 bits per heavy atom. The molecular weight excluding hydrogens is 286 g/mol. The van der Waals surface area contributed by atoms with Crippen molar-refractivity contribution in [3.63, 3.8) is 0 Å². The first-order valence-electron chi connectivity index (χ1n) is 5.52. The first-order valence-corrected chi connectivity index (χ1v) is 6.64. The first-order chi connectivity index (χ1) is 8.16. The Hall–Kier alpha value is -1.23. The van der Waals surface area contributed by atoms with E-state index >= 15 is 0 Å². The lowest BCUT2D eigenvalue weighted by Gasteiger charge is -2.08. The van der Waals surface area contributed by atoms with Crippen LogP contribution in [0.15, 0.2) is 18.2 Å². The number of phenols is 2. The number of carbonyl (C=O) groups is 1. The standard InChI is InChI=1S/C12H16BrNO3/c13-7-2-1-3-8-14-12(17)11-9(15)5-4-6-10(11)16/h4-6,15-16H,1-3,7-8H2,(H,14,17). The number of halogens is 1. The van der Waals surface area contributed by atoms with Gasteiger partial charge in [-0.25, -0.2) is 0 Å². The van der Waals surface area contributed by atoms with Crippen LogP contribution in [0.25, 0.3) is 0 Å². The van der Waals surface area contributed by atoms with E-state index in [1.54, 1.807) is 0 Å². The van der Waals surface area contributed by atoms with Crippen LogP contribution in [0.1, 0.15) is 29.6 Å². The summed E-state index contributed by atoms with van der Waals surface area (Å²) in [6, 6.07) is 4.23. The van der Waals surface area contributed by atoms with E-state index in [0.29, 0.717) is 6.54 Å². The average molecular weight is 302 g/mol. The quantitative estimate of drug-likeness (QED) is 0.558. The number of alkyl halides is 1. The largest absolute Gasteiger partial charge is 0.507 e. The van der Waals surface area contributed by atoms with Gasteiger partial charge in [0.05, 0.1) is 0 Å². The van der Waals surface area contributed by atoms with Gasteiger partial charge in [0.15, 0.2) is 0 Å². The van der Waals surface area contributed by atoms with E-state index in [1.165, 1.54) is 18.2 Å². The van der Waals surface area contributed by atoms with Crippen LogP contribution in [0.3, 0.4) is 0 Å². The zero-order chi connectivity index (χ0) is 12.7. The third-order valence-electron chi connectivity index (χ3n) is 2.34. The second-order valence-corrected chi connectivity index (χ2v) is 4.47. The molecule has 0 bridgehead atoms. The van der Waals surface area contributed by atoms with Gasteiger partial charge in [-0.15, -0.1) is 0 Å². The Balaban J connectivity index is 2.47. The number of nitrogens with one attached hydrogen (secondary N) is 1. The van der Waals surface area contributed by atoms with Crippen LogP contribution in [0.4, 0.5) is 0 Å². The molecule has 0 unspecified atom stereocenters. The van der Waals surface area contributed by atoms with Crippen molar-refractivity contribution in [1.29, 1.82) is 0 Å². The number of hydrogen-bond acceptors (Lipinski definition) is 3. The molecule has 0 saturated carbocycles.